The number of nitrogens with one attached hydrogen (secondary N) is 1. The van der Waals surface area contributed by atoms with Crippen molar-refractivity contribution >= 4 is 39.1 Å². The van der Waals surface area contributed by atoms with Crippen LogP contribution in [0.4, 0.5) is 5.95 Å². The van der Waals surface area contributed by atoms with Crippen LogP contribution in [0, 0.1) is 13.8 Å². The molecule has 84 valence electrons. The second kappa shape index (κ2) is 4.39. The number of anilines is 1. The van der Waals surface area contributed by atoms with Crippen LogP contribution < -0.4 is 5.32 Å². The zero-order valence-corrected chi connectivity index (χ0v) is 10.7. The summed E-state index contributed by atoms with van der Waals surface area (Å²) in [4.78, 5) is 10.8. The highest BCUT2D eigenvalue weighted by molar-refractivity contribution is 7.18. The van der Waals surface area contributed by atoms with E-state index in [-0.39, 0.29) is 0 Å². The fourth-order valence-electron chi connectivity index (χ4n) is 1.44. The third-order valence-electron chi connectivity index (χ3n) is 2.39. The second-order valence-electron chi connectivity index (χ2n) is 3.47. The van der Waals surface area contributed by atoms with Crippen molar-refractivity contribution in [1.29, 1.82) is 0 Å². The Bertz CT molecular complexity index is 548. The monoisotopic (exact) mass is 253 g/mol. The van der Waals surface area contributed by atoms with Crippen molar-refractivity contribution in [3.05, 3.63) is 28.2 Å². The summed E-state index contributed by atoms with van der Waals surface area (Å²) < 4.78 is 0. The van der Waals surface area contributed by atoms with Crippen LogP contribution in [0.15, 0.2) is 12.7 Å². The number of fused-ring (bicyclic) bond motifs is 1. The van der Waals surface area contributed by atoms with Crippen LogP contribution >= 0.6 is 22.9 Å². The lowest BCUT2D eigenvalue weighted by atomic mass is 10.2. The number of halogens is 1. The maximum absolute atomic E-state index is 6.15. The van der Waals surface area contributed by atoms with Gasteiger partial charge in [0.25, 0.3) is 0 Å². The third-order valence-corrected chi connectivity index (χ3v) is 3.76. The molecule has 0 bridgehead atoms. The maximum atomic E-state index is 6.15. The molecule has 0 aliphatic carbocycles. The van der Waals surface area contributed by atoms with Gasteiger partial charge >= 0.3 is 0 Å². The molecule has 0 radical (unpaired) electrons. The number of rotatable bonds is 3. The first kappa shape index (κ1) is 11.4. The summed E-state index contributed by atoms with van der Waals surface area (Å²) in [5.74, 6) is 0.554. The lowest BCUT2D eigenvalue weighted by Gasteiger charge is -2.02. The Morgan fingerprint density at radius 2 is 2.19 bits per heavy atom. The van der Waals surface area contributed by atoms with Gasteiger partial charge in [0.15, 0.2) is 0 Å². The minimum atomic E-state index is 0.512. The molecule has 5 heteroatoms. The van der Waals surface area contributed by atoms with E-state index in [0.29, 0.717) is 17.6 Å². The van der Waals surface area contributed by atoms with Crippen molar-refractivity contribution in [1.82, 2.24) is 9.97 Å². The number of nitrogens with zero attached hydrogens (tertiary/aromatic N) is 2. The molecule has 0 aliphatic heterocycles. The first-order chi connectivity index (χ1) is 7.63. The van der Waals surface area contributed by atoms with Crippen molar-refractivity contribution in [3.63, 3.8) is 0 Å². The Hall–Kier alpha value is -1.13. The van der Waals surface area contributed by atoms with Gasteiger partial charge in [-0.2, -0.15) is 0 Å². The fourth-order valence-corrected chi connectivity index (χ4v) is 2.84. The lowest BCUT2D eigenvalue weighted by molar-refractivity contribution is 1.16. The van der Waals surface area contributed by atoms with Gasteiger partial charge in [0.1, 0.15) is 9.98 Å². The van der Waals surface area contributed by atoms with E-state index in [1.807, 2.05) is 6.92 Å². The van der Waals surface area contributed by atoms with E-state index in [4.69, 9.17) is 11.6 Å². The molecule has 0 unspecified atom stereocenters. The normalized spacial score (nSPS) is 10.7. The number of aromatic nitrogens is 2. The van der Waals surface area contributed by atoms with Gasteiger partial charge < -0.3 is 5.32 Å². The van der Waals surface area contributed by atoms with E-state index in [1.54, 1.807) is 17.4 Å². The summed E-state index contributed by atoms with van der Waals surface area (Å²) >= 11 is 7.79. The summed E-state index contributed by atoms with van der Waals surface area (Å²) in [6, 6.07) is 0. The van der Waals surface area contributed by atoms with Gasteiger partial charge in [0.05, 0.1) is 5.39 Å². The average Bonchev–Trinajstić information content (AvgIpc) is 2.52. The molecule has 3 nitrogen and oxygen atoms in total. The van der Waals surface area contributed by atoms with Gasteiger partial charge in [0, 0.05) is 11.4 Å². The Balaban J connectivity index is 2.54. The standard InChI is InChI=1S/C11H12ClN3S/c1-4-5-13-11-14-9(12)8-6(2)7(3)16-10(8)15-11/h4H,1,5H2,2-3H3,(H,13,14,15). The SMILES string of the molecule is C=CCNc1nc(Cl)c2c(C)c(C)sc2n1. The van der Waals surface area contributed by atoms with Crippen molar-refractivity contribution in [2.45, 2.75) is 13.8 Å². The zero-order valence-electron chi connectivity index (χ0n) is 9.17. The van der Waals surface area contributed by atoms with Gasteiger partial charge in [-0.3, -0.25) is 0 Å². The molecule has 0 atom stereocenters. The number of hydrogen-bond acceptors (Lipinski definition) is 4. The molecule has 0 fully saturated rings. The number of aryl methyl sites for hydroxylation is 2. The van der Waals surface area contributed by atoms with Crippen LogP contribution in [0.3, 0.4) is 0 Å². The fraction of sp³-hybridized carbons (Fsp3) is 0.273. The second-order valence-corrected chi connectivity index (χ2v) is 5.03. The van der Waals surface area contributed by atoms with Crippen molar-refractivity contribution in [3.8, 4) is 0 Å². The van der Waals surface area contributed by atoms with Gasteiger partial charge in [-0.15, -0.1) is 17.9 Å². The van der Waals surface area contributed by atoms with Crippen LogP contribution in [0.5, 0.6) is 0 Å². The Labute approximate surface area is 103 Å². The minimum absolute atomic E-state index is 0.512. The molecular weight excluding hydrogens is 242 g/mol. The molecule has 2 aromatic heterocycles. The number of hydrogen-bond donors (Lipinski definition) is 1. The molecule has 0 aliphatic rings. The zero-order chi connectivity index (χ0) is 11.7. The van der Waals surface area contributed by atoms with E-state index in [9.17, 15) is 0 Å². The highest BCUT2D eigenvalue weighted by Crippen LogP contribution is 2.33. The lowest BCUT2D eigenvalue weighted by Crippen LogP contribution is -2.02. The topological polar surface area (TPSA) is 37.8 Å². The van der Waals surface area contributed by atoms with Crippen molar-refractivity contribution in [2.24, 2.45) is 0 Å². The Kier molecular flexibility index (Phi) is 3.12. The molecule has 0 spiro atoms. The van der Waals surface area contributed by atoms with Gasteiger partial charge in [0.2, 0.25) is 5.95 Å². The average molecular weight is 254 g/mol. The highest BCUT2D eigenvalue weighted by Gasteiger charge is 2.12. The molecule has 2 rings (SSSR count). The summed E-state index contributed by atoms with van der Waals surface area (Å²) in [5, 5.41) is 4.52. The van der Waals surface area contributed by atoms with E-state index >= 15 is 0 Å². The Morgan fingerprint density at radius 1 is 1.44 bits per heavy atom. The quantitative estimate of drug-likeness (QED) is 0.671. The van der Waals surface area contributed by atoms with Gasteiger partial charge in [-0.1, -0.05) is 17.7 Å². The van der Waals surface area contributed by atoms with Gasteiger partial charge in [-0.05, 0) is 19.4 Å². The first-order valence-corrected chi connectivity index (χ1v) is 6.11. The van der Waals surface area contributed by atoms with Crippen LogP contribution in [0.2, 0.25) is 5.15 Å². The minimum Gasteiger partial charge on any atom is -0.351 e. The molecule has 16 heavy (non-hydrogen) atoms. The summed E-state index contributed by atoms with van der Waals surface area (Å²) in [5.41, 5.74) is 1.17. The molecule has 0 saturated carbocycles. The molecular formula is C11H12ClN3S. The van der Waals surface area contributed by atoms with E-state index in [1.165, 1.54) is 10.4 Å². The largest absolute Gasteiger partial charge is 0.351 e. The van der Waals surface area contributed by atoms with Crippen LogP contribution in [0.1, 0.15) is 10.4 Å². The third kappa shape index (κ3) is 1.90. The van der Waals surface area contributed by atoms with Crippen molar-refractivity contribution < 1.29 is 0 Å². The van der Waals surface area contributed by atoms with Crippen LogP contribution in [0.25, 0.3) is 10.2 Å². The first-order valence-electron chi connectivity index (χ1n) is 4.91. The van der Waals surface area contributed by atoms with E-state index in [0.717, 1.165) is 10.2 Å². The van der Waals surface area contributed by atoms with Crippen molar-refractivity contribution in [2.75, 3.05) is 11.9 Å². The number of thiophene rings is 1. The predicted molar refractivity (Wildman–Crippen MR) is 70.6 cm³/mol. The molecule has 2 aromatic rings. The molecule has 2 heterocycles. The highest BCUT2D eigenvalue weighted by atomic mass is 35.5. The molecule has 0 saturated heterocycles. The van der Waals surface area contributed by atoms with Gasteiger partial charge in [-0.25, -0.2) is 9.97 Å². The summed E-state index contributed by atoms with van der Waals surface area (Å²) in [7, 11) is 0. The van der Waals surface area contributed by atoms with Crippen LogP contribution in [-0.2, 0) is 0 Å². The molecule has 0 aromatic carbocycles. The summed E-state index contributed by atoms with van der Waals surface area (Å²) in [6.45, 7) is 8.37. The Morgan fingerprint density at radius 3 is 2.88 bits per heavy atom. The molecule has 0 amide bonds. The smallest absolute Gasteiger partial charge is 0.225 e. The maximum Gasteiger partial charge on any atom is 0.225 e. The summed E-state index contributed by atoms with van der Waals surface area (Å²) in [6.07, 6.45) is 1.76. The van der Waals surface area contributed by atoms with E-state index in [2.05, 4.69) is 28.8 Å². The van der Waals surface area contributed by atoms with E-state index < -0.39 is 0 Å². The van der Waals surface area contributed by atoms with Crippen LogP contribution in [-0.4, -0.2) is 16.5 Å². The molecule has 1 N–H and O–H groups in total. The predicted octanol–water partition coefficient (Wildman–Crippen LogP) is 3.56.